The average molecular weight is 833 g/mol. The maximum absolute atomic E-state index is 13.1. The van der Waals surface area contributed by atoms with E-state index in [9.17, 15) is 49.1 Å². The van der Waals surface area contributed by atoms with E-state index in [0.29, 0.717) is 83.9 Å². The molecule has 0 radical (unpaired) electrons. The van der Waals surface area contributed by atoms with Crippen LogP contribution in [-0.2, 0) is 44.7 Å². The van der Waals surface area contributed by atoms with E-state index < -0.39 is 39.4 Å². The summed E-state index contributed by atoms with van der Waals surface area (Å²) in [6, 6.07) is 9.67. The van der Waals surface area contributed by atoms with Crippen molar-refractivity contribution < 1.29 is 53.9 Å². The number of piperidine rings is 2. The van der Waals surface area contributed by atoms with Crippen LogP contribution < -0.4 is 5.32 Å². The number of sulfonamides is 1. The molecule has 12 nitrogen and oxygen atoms in total. The van der Waals surface area contributed by atoms with Crippen LogP contribution in [0.15, 0.2) is 42.5 Å². The lowest BCUT2D eigenvalue weighted by Gasteiger charge is -2.42. The lowest BCUT2D eigenvalue weighted by atomic mass is 9.94. The van der Waals surface area contributed by atoms with Crippen molar-refractivity contribution in [1.29, 1.82) is 0 Å². The van der Waals surface area contributed by atoms with Crippen molar-refractivity contribution >= 4 is 33.7 Å². The SMILES string of the molecule is COC(=O)N1CCC(N2CCc3ccccc3NC2=O)CC1.C[C@H](Cc1cc(C(F)(F)F)cc(C(F)(F)F)c1)C(=O)N1CCC(N2CCN(S(C)(=O)=O)CC2)CC1. The Morgan fingerprint density at radius 3 is 1.89 bits per heavy atom. The second-order valence-electron chi connectivity index (χ2n) is 15.0. The van der Waals surface area contributed by atoms with Gasteiger partial charge in [-0.05, 0) is 73.9 Å². The topological polar surface area (TPSA) is 123 Å². The number of carbonyl (C=O) groups is 3. The standard InChI is InChI=1S/C22H29F6N3O3S.C16H21N3O3/c1-15(11-16-12-17(21(23,24)25)14-18(13-16)22(26,27)28)20(32)30-5-3-19(4-6-30)29-7-9-31(10-8-29)35(2,33)34;1-22-16(21)18-9-7-13(8-10-18)19-11-6-12-4-2-3-5-14(12)17-15(19)20/h12-15,19H,3-11H2,1-2H3;2-5,13H,6-11H2,1H3,(H,17,20)/t15-;/m1./s1. The summed E-state index contributed by atoms with van der Waals surface area (Å²) in [5, 5.41) is 3.00. The van der Waals surface area contributed by atoms with Crippen molar-refractivity contribution in [2.75, 3.05) is 77.6 Å². The van der Waals surface area contributed by atoms with Gasteiger partial charge in [-0.15, -0.1) is 0 Å². The zero-order valence-electron chi connectivity index (χ0n) is 32.2. The molecule has 0 unspecified atom stereocenters. The molecule has 19 heteroatoms. The summed E-state index contributed by atoms with van der Waals surface area (Å²) in [5.41, 5.74) is -0.892. The highest BCUT2D eigenvalue weighted by molar-refractivity contribution is 7.88. The highest BCUT2D eigenvalue weighted by Crippen LogP contribution is 2.37. The second kappa shape index (κ2) is 18.2. The first kappa shape index (κ1) is 44.0. The van der Waals surface area contributed by atoms with E-state index in [4.69, 9.17) is 4.74 Å². The zero-order chi connectivity index (χ0) is 41.7. The average Bonchev–Trinajstić information content (AvgIpc) is 3.34. The number of likely N-dealkylation sites (tertiary alicyclic amines) is 2. The second-order valence-corrected chi connectivity index (χ2v) is 17.0. The van der Waals surface area contributed by atoms with Crippen molar-refractivity contribution in [2.45, 2.75) is 69.9 Å². The van der Waals surface area contributed by atoms with Crippen LogP contribution in [0.3, 0.4) is 0 Å². The third-order valence-corrected chi connectivity index (χ3v) is 12.4. The summed E-state index contributed by atoms with van der Waals surface area (Å²) < 4.78 is 108. The quantitative estimate of drug-likeness (QED) is 0.367. The van der Waals surface area contributed by atoms with Gasteiger partial charge >= 0.3 is 24.5 Å². The molecule has 1 N–H and O–H groups in total. The van der Waals surface area contributed by atoms with Crippen LogP contribution in [0, 0.1) is 5.92 Å². The Labute approximate surface area is 329 Å². The smallest absolute Gasteiger partial charge is 0.416 e. The van der Waals surface area contributed by atoms with Gasteiger partial charge in [-0.1, -0.05) is 25.1 Å². The number of alkyl halides is 6. The number of nitrogens with zero attached hydrogens (tertiary/aromatic N) is 5. The number of rotatable bonds is 6. The summed E-state index contributed by atoms with van der Waals surface area (Å²) in [7, 11) is -1.83. The van der Waals surface area contributed by atoms with Gasteiger partial charge in [0.05, 0.1) is 24.5 Å². The van der Waals surface area contributed by atoms with E-state index in [2.05, 4.69) is 16.3 Å². The molecule has 2 aromatic rings. The van der Waals surface area contributed by atoms with Gasteiger partial charge in [0.15, 0.2) is 0 Å². The Hall–Kier alpha value is -4.10. The zero-order valence-corrected chi connectivity index (χ0v) is 33.1. The van der Waals surface area contributed by atoms with Crippen molar-refractivity contribution in [3.63, 3.8) is 0 Å². The molecule has 0 aliphatic carbocycles. The first-order chi connectivity index (χ1) is 26.7. The predicted octanol–water partition coefficient (Wildman–Crippen LogP) is 5.78. The number of piperazine rings is 1. The minimum Gasteiger partial charge on any atom is -0.453 e. The molecular formula is C38H50F6N6O6S. The van der Waals surface area contributed by atoms with Crippen LogP contribution >= 0.6 is 0 Å². The summed E-state index contributed by atoms with van der Waals surface area (Å²) in [4.78, 5) is 44.3. The molecule has 3 fully saturated rings. The Morgan fingerprint density at radius 2 is 1.35 bits per heavy atom. The molecule has 4 heterocycles. The van der Waals surface area contributed by atoms with Crippen molar-refractivity contribution in [3.8, 4) is 0 Å². The monoisotopic (exact) mass is 832 g/mol. The normalized spacial score (nSPS) is 20.2. The summed E-state index contributed by atoms with van der Waals surface area (Å²) in [6.07, 6.45) is -5.44. The minimum atomic E-state index is -4.93. The molecule has 4 aliphatic rings. The number of methoxy groups -OCH3 is 1. The molecule has 316 valence electrons. The molecule has 4 aliphatic heterocycles. The Balaban J connectivity index is 0.000000241. The number of hydrogen-bond donors (Lipinski definition) is 1. The molecule has 57 heavy (non-hydrogen) atoms. The fraction of sp³-hybridized carbons (Fsp3) is 0.605. The van der Waals surface area contributed by atoms with Gasteiger partial charge in [-0.3, -0.25) is 9.69 Å². The molecule has 0 saturated carbocycles. The molecule has 4 amide bonds. The third-order valence-electron chi connectivity index (χ3n) is 11.1. The Bertz CT molecular complexity index is 1810. The molecule has 1 atom stereocenters. The van der Waals surface area contributed by atoms with Crippen LogP contribution in [-0.4, -0.2) is 135 Å². The van der Waals surface area contributed by atoms with Gasteiger partial charge in [0.25, 0.3) is 0 Å². The lowest BCUT2D eigenvalue weighted by molar-refractivity contribution is -0.143. The number of halogens is 6. The summed E-state index contributed by atoms with van der Waals surface area (Å²) >= 11 is 0. The Kier molecular flexibility index (Phi) is 14.1. The van der Waals surface area contributed by atoms with Crippen molar-refractivity contribution in [2.24, 2.45) is 5.92 Å². The van der Waals surface area contributed by atoms with E-state index in [1.807, 2.05) is 23.1 Å². The van der Waals surface area contributed by atoms with Gasteiger partial charge in [-0.25, -0.2) is 18.0 Å². The van der Waals surface area contributed by atoms with Crippen molar-refractivity contribution in [3.05, 3.63) is 64.7 Å². The van der Waals surface area contributed by atoms with Gasteiger partial charge in [0.2, 0.25) is 15.9 Å². The number of carbonyl (C=O) groups excluding carboxylic acids is 3. The van der Waals surface area contributed by atoms with E-state index >= 15 is 0 Å². The Morgan fingerprint density at radius 1 is 0.807 bits per heavy atom. The predicted molar refractivity (Wildman–Crippen MR) is 200 cm³/mol. The molecule has 6 rings (SSSR count). The summed E-state index contributed by atoms with van der Waals surface area (Å²) in [6.45, 7) is 6.35. The largest absolute Gasteiger partial charge is 0.453 e. The molecule has 0 spiro atoms. The van der Waals surface area contributed by atoms with E-state index in [0.717, 1.165) is 24.9 Å². The maximum Gasteiger partial charge on any atom is 0.416 e. The first-order valence-corrected chi connectivity index (χ1v) is 20.8. The fourth-order valence-electron chi connectivity index (χ4n) is 7.97. The van der Waals surface area contributed by atoms with Crippen molar-refractivity contribution in [1.82, 2.24) is 23.9 Å². The third kappa shape index (κ3) is 11.5. The van der Waals surface area contributed by atoms with Crippen LogP contribution in [0.5, 0.6) is 0 Å². The number of hydrogen-bond acceptors (Lipinski definition) is 7. The number of anilines is 1. The van der Waals surface area contributed by atoms with Crippen LogP contribution in [0.4, 0.5) is 41.6 Å². The molecule has 3 saturated heterocycles. The number of amides is 4. The van der Waals surface area contributed by atoms with E-state index in [1.54, 1.807) is 9.80 Å². The molecule has 2 aromatic carbocycles. The van der Waals surface area contributed by atoms with Gasteiger partial charge < -0.3 is 24.8 Å². The van der Waals surface area contributed by atoms with Crippen LogP contribution in [0.1, 0.15) is 54.9 Å². The molecule has 0 aromatic heterocycles. The van der Waals surface area contributed by atoms with Gasteiger partial charge in [0, 0.05) is 82.6 Å². The summed E-state index contributed by atoms with van der Waals surface area (Å²) in [5.74, 6) is -1.09. The highest BCUT2D eigenvalue weighted by atomic mass is 32.2. The fourth-order valence-corrected chi connectivity index (χ4v) is 8.80. The number of nitrogens with one attached hydrogen (secondary N) is 1. The van der Waals surface area contributed by atoms with Gasteiger partial charge in [0.1, 0.15) is 0 Å². The van der Waals surface area contributed by atoms with E-state index in [1.165, 1.54) is 30.2 Å². The number of ether oxygens (including phenoxy) is 1. The number of urea groups is 1. The highest BCUT2D eigenvalue weighted by Gasteiger charge is 2.38. The van der Waals surface area contributed by atoms with Gasteiger partial charge in [-0.2, -0.15) is 30.6 Å². The first-order valence-electron chi connectivity index (χ1n) is 19.0. The molecular weight excluding hydrogens is 783 g/mol. The maximum atomic E-state index is 13.1. The number of benzene rings is 2. The number of para-hydroxylation sites is 1. The molecule has 0 bridgehead atoms. The minimum absolute atomic E-state index is 0.0403. The number of fused-ring (bicyclic) bond motifs is 1. The lowest BCUT2D eigenvalue weighted by Crippen LogP contribution is -2.54. The van der Waals surface area contributed by atoms with E-state index in [-0.39, 0.29) is 48.2 Å². The van der Waals surface area contributed by atoms with Crippen LogP contribution in [0.2, 0.25) is 0 Å². The van der Waals surface area contributed by atoms with Crippen LogP contribution in [0.25, 0.3) is 0 Å².